The van der Waals surface area contributed by atoms with Crippen LogP contribution in [0.4, 0.5) is 0 Å². The van der Waals surface area contributed by atoms with Gasteiger partial charge in [-0.15, -0.1) is 0 Å². The van der Waals surface area contributed by atoms with Gasteiger partial charge < -0.3 is 23.5 Å². The van der Waals surface area contributed by atoms with Gasteiger partial charge in [-0.05, 0) is 62.0 Å². The van der Waals surface area contributed by atoms with Crippen molar-refractivity contribution in [3.05, 3.63) is 23.3 Å². The maximum absolute atomic E-state index is 12.6. The topological polar surface area (TPSA) is 63.2 Å². The molecule has 154 valence electrons. The molecule has 7 rings (SSSR count). The van der Waals surface area contributed by atoms with Gasteiger partial charge in [0.15, 0.2) is 0 Å². The molecule has 6 aliphatic rings. The molecule has 1 saturated heterocycles. The number of benzene rings is 1. The molecule has 1 unspecified atom stereocenters. The van der Waals surface area contributed by atoms with E-state index in [4.69, 9.17) is 23.5 Å². The molecule has 6 nitrogen and oxygen atoms in total. The molecule has 4 aliphatic carbocycles. The van der Waals surface area contributed by atoms with Gasteiger partial charge in [-0.3, -0.25) is 0 Å². The van der Waals surface area contributed by atoms with Crippen LogP contribution < -0.4 is 9.47 Å². The number of ether oxygens (including phenoxy) is 3. The van der Waals surface area contributed by atoms with E-state index < -0.39 is 11.8 Å². The Morgan fingerprint density at radius 1 is 1.10 bits per heavy atom. The van der Waals surface area contributed by atoms with E-state index in [1.165, 1.54) is 12.8 Å². The van der Waals surface area contributed by atoms with E-state index in [-0.39, 0.29) is 30.6 Å². The third kappa shape index (κ3) is 2.53. The first kappa shape index (κ1) is 18.1. The Hall–Kier alpha value is -1.73. The van der Waals surface area contributed by atoms with Crippen LogP contribution in [0.1, 0.15) is 68.3 Å². The van der Waals surface area contributed by atoms with Gasteiger partial charge in [-0.2, -0.15) is 0 Å². The molecule has 29 heavy (non-hydrogen) atoms. The SMILES string of the molecule is COc1ccc([C@@H]2C[C@@H]2B2OC3CC4CC(C4)[C@@]3(C)O2)c2c1C(=O)OC(C)(C)O2. The number of carbonyl (C=O) groups is 1. The maximum Gasteiger partial charge on any atom is 0.461 e. The quantitative estimate of drug-likeness (QED) is 0.568. The molecule has 7 heteroatoms. The summed E-state index contributed by atoms with van der Waals surface area (Å²) in [4.78, 5) is 12.6. The van der Waals surface area contributed by atoms with Crippen LogP contribution in [-0.4, -0.2) is 37.7 Å². The lowest BCUT2D eigenvalue weighted by Gasteiger charge is -2.53. The molecular formula is C22H27BO6. The van der Waals surface area contributed by atoms with Crippen LogP contribution in [0, 0.1) is 11.8 Å². The molecule has 0 amide bonds. The molecule has 0 spiro atoms. The summed E-state index contributed by atoms with van der Waals surface area (Å²) in [7, 11) is 1.38. The second-order valence-electron chi connectivity index (χ2n) is 10.0. The smallest absolute Gasteiger partial charge is 0.461 e. The van der Waals surface area contributed by atoms with Crippen LogP contribution in [0.25, 0.3) is 0 Å². The van der Waals surface area contributed by atoms with Crippen molar-refractivity contribution in [1.82, 2.24) is 0 Å². The first-order chi connectivity index (χ1) is 13.8. The Balaban J connectivity index is 1.29. The summed E-state index contributed by atoms with van der Waals surface area (Å²) in [5.74, 6) is 1.66. The molecule has 2 heterocycles. The first-order valence-electron chi connectivity index (χ1n) is 10.8. The standard InChI is InChI=1S/C22H27BO6/c1-21(2)26-19-13(5-6-16(25-4)18(19)20(24)27-21)14-10-15(14)23-28-17-9-11-7-12(8-11)22(17,3)29-23/h5-6,11-12,14-15,17H,7-10H2,1-4H3/t11?,12?,14-,15-,17?,22+/m0/s1. The Kier molecular flexibility index (Phi) is 3.55. The highest BCUT2D eigenvalue weighted by Gasteiger charge is 2.65. The van der Waals surface area contributed by atoms with Crippen molar-refractivity contribution in [3.63, 3.8) is 0 Å². The summed E-state index contributed by atoms with van der Waals surface area (Å²) in [6.07, 6.45) is 4.89. The molecule has 2 aliphatic heterocycles. The number of carbonyl (C=O) groups excluding carboxylic acids is 1. The van der Waals surface area contributed by atoms with Gasteiger partial charge in [-0.1, -0.05) is 6.07 Å². The van der Waals surface area contributed by atoms with Crippen LogP contribution >= 0.6 is 0 Å². The van der Waals surface area contributed by atoms with E-state index in [9.17, 15) is 4.79 Å². The highest BCUT2D eigenvalue weighted by molar-refractivity contribution is 6.49. The molecule has 4 saturated carbocycles. The molecule has 1 aromatic carbocycles. The van der Waals surface area contributed by atoms with E-state index in [0.717, 1.165) is 24.3 Å². The van der Waals surface area contributed by atoms with Gasteiger partial charge in [0.2, 0.25) is 5.79 Å². The second-order valence-corrected chi connectivity index (χ2v) is 10.0. The fraction of sp³-hybridized carbons (Fsp3) is 0.682. The third-order valence-corrected chi connectivity index (χ3v) is 7.75. The number of esters is 1. The van der Waals surface area contributed by atoms with E-state index in [0.29, 0.717) is 23.0 Å². The molecule has 0 aromatic heterocycles. The zero-order valence-electron chi connectivity index (χ0n) is 17.4. The molecule has 0 radical (unpaired) electrons. The largest absolute Gasteiger partial charge is 0.496 e. The Labute approximate surface area is 171 Å². The summed E-state index contributed by atoms with van der Waals surface area (Å²) < 4.78 is 29.9. The van der Waals surface area contributed by atoms with Crippen LogP contribution in [0.5, 0.6) is 11.5 Å². The number of fused-ring (bicyclic) bond motifs is 1. The Bertz CT molecular complexity index is 894. The van der Waals surface area contributed by atoms with Crippen molar-refractivity contribution in [2.45, 2.75) is 75.7 Å². The van der Waals surface area contributed by atoms with Crippen molar-refractivity contribution in [1.29, 1.82) is 0 Å². The lowest BCUT2D eigenvalue weighted by Crippen LogP contribution is -2.56. The second kappa shape index (κ2) is 5.70. The zero-order valence-corrected chi connectivity index (χ0v) is 17.4. The van der Waals surface area contributed by atoms with Crippen molar-refractivity contribution >= 4 is 13.1 Å². The van der Waals surface area contributed by atoms with Crippen LogP contribution in [0.3, 0.4) is 0 Å². The third-order valence-electron chi connectivity index (χ3n) is 7.75. The summed E-state index contributed by atoms with van der Waals surface area (Å²) >= 11 is 0. The minimum absolute atomic E-state index is 0.131. The number of methoxy groups -OCH3 is 1. The van der Waals surface area contributed by atoms with Gasteiger partial charge in [-0.25, -0.2) is 4.79 Å². The van der Waals surface area contributed by atoms with E-state index in [2.05, 4.69) is 6.92 Å². The van der Waals surface area contributed by atoms with Gasteiger partial charge in [0.1, 0.15) is 17.1 Å². The average Bonchev–Trinajstić information content (AvgIpc) is 3.32. The zero-order chi connectivity index (χ0) is 20.1. The monoisotopic (exact) mass is 398 g/mol. The minimum atomic E-state index is -1.00. The van der Waals surface area contributed by atoms with Crippen LogP contribution in [0.2, 0.25) is 5.82 Å². The number of cyclic esters (lactones) is 1. The van der Waals surface area contributed by atoms with Crippen molar-refractivity contribution in [2.24, 2.45) is 11.8 Å². The molecular weight excluding hydrogens is 371 g/mol. The number of hydrogen-bond acceptors (Lipinski definition) is 6. The summed E-state index contributed by atoms with van der Waals surface area (Å²) in [5, 5.41) is 0. The van der Waals surface area contributed by atoms with Gasteiger partial charge in [0.25, 0.3) is 0 Å². The lowest BCUT2D eigenvalue weighted by atomic mass is 9.57. The van der Waals surface area contributed by atoms with Gasteiger partial charge in [0, 0.05) is 19.7 Å². The van der Waals surface area contributed by atoms with Crippen molar-refractivity contribution in [2.75, 3.05) is 7.11 Å². The minimum Gasteiger partial charge on any atom is -0.496 e. The van der Waals surface area contributed by atoms with Crippen LogP contribution in [0.15, 0.2) is 12.1 Å². The number of hydrogen-bond donors (Lipinski definition) is 0. The normalized spacial score (nSPS) is 40.9. The van der Waals surface area contributed by atoms with Crippen LogP contribution in [-0.2, 0) is 14.0 Å². The summed E-state index contributed by atoms with van der Waals surface area (Å²) in [6, 6.07) is 3.84. The van der Waals surface area contributed by atoms with Gasteiger partial charge >= 0.3 is 13.1 Å². The van der Waals surface area contributed by atoms with E-state index in [1.807, 2.05) is 12.1 Å². The first-order valence-corrected chi connectivity index (χ1v) is 10.8. The molecule has 5 fully saturated rings. The lowest BCUT2D eigenvalue weighted by molar-refractivity contribution is -0.128. The molecule has 0 N–H and O–H groups in total. The van der Waals surface area contributed by atoms with E-state index >= 15 is 0 Å². The predicted molar refractivity (Wildman–Crippen MR) is 105 cm³/mol. The highest BCUT2D eigenvalue weighted by atomic mass is 16.7. The average molecular weight is 398 g/mol. The Morgan fingerprint density at radius 3 is 2.62 bits per heavy atom. The highest BCUT2D eigenvalue weighted by Crippen LogP contribution is 2.63. The van der Waals surface area contributed by atoms with Crippen molar-refractivity contribution < 1.29 is 28.3 Å². The van der Waals surface area contributed by atoms with Crippen molar-refractivity contribution in [3.8, 4) is 11.5 Å². The Morgan fingerprint density at radius 2 is 1.90 bits per heavy atom. The fourth-order valence-corrected chi connectivity index (χ4v) is 5.95. The number of rotatable bonds is 3. The molecule has 4 atom stereocenters. The molecule has 2 bridgehead atoms. The molecule has 1 aromatic rings. The summed E-state index contributed by atoms with van der Waals surface area (Å²) in [5.41, 5.74) is 1.27. The van der Waals surface area contributed by atoms with Gasteiger partial charge in [0.05, 0.1) is 18.8 Å². The predicted octanol–water partition coefficient (Wildman–Crippen LogP) is 3.93. The summed E-state index contributed by atoms with van der Waals surface area (Å²) in [6.45, 7) is 5.75. The maximum atomic E-state index is 12.6. The van der Waals surface area contributed by atoms with E-state index in [1.54, 1.807) is 21.0 Å². The fourth-order valence-electron chi connectivity index (χ4n) is 5.95.